The molecule has 0 radical (unpaired) electrons. The molecule has 0 spiro atoms. The number of hydrogen-bond donors (Lipinski definition) is 0. The zero-order chi connectivity index (χ0) is 17.2. The first-order chi connectivity index (χ1) is 11.7. The highest BCUT2D eigenvalue weighted by Crippen LogP contribution is 2.37. The first kappa shape index (κ1) is 19.0. The van der Waals surface area contributed by atoms with Crippen molar-refractivity contribution in [2.45, 2.75) is 84.0 Å². The zero-order valence-electron chi connectivity index (χ0n) is 15.6. The van der Waals surface area contributed by atoms with Gasteiger partial charge in [0, 0.05) is 0 Å². The van der Waals surface area contributed by atoms with Crippen molar-refractivity contribution < 1.29 is 9.53 Å². The van der Waals surface area contributed by atoms with Crippen LogP contribution in [0, 0.1) is 5.92 Å². The lowest BCUT2D eigenvalue weighted by molar-refractivity contribution is -0.142. The van der Waals surface area contributed by atoms with Crippen LogP contribution in [0.2, 0.25) is 0 Å². The number of unbranched alkanes of at least 4 members (excludes halogenated alkanes) is 2. The summed E-state index contributed by atoms with van der Waals surface area (Å²) < 4.78 is 5.29. The van der Waals surface area contributed by atoms with E-state index >= 15 is 0 Å². The molecule has 2 heteroatoms. The molecule has 0 heterocycles. The average molecular weight is 331 g/mol. The van der Waals surface area contributed by atoms with Crippen LogP contribution in [0.1, 0.15) is 88.7 Å². The quantitative estimate of drug-likeness (QED) is 0.408. The number of hydrogen-bond acceptors (Lipinski definition) is 2. The van der Waals surface area contributed by atoms with Crippen molar-refractivity contribution in [1.82, 2.24) is 0 Å². The van der Waals surface area contributed by atoms with E-state index in [2.05, 4.69) is 38.1 Å². The number of rotatable bonds is 9. The lowest BCUT2D eigenvalue weighted by Crippen LogP contribution is -2.13. The van der Waals surface area contributed by atoms with Gasteiger partial charge >= 0.3 is 5.97 Å². The molecule has 1 aliphatic rings. The highest BCUT2D eigenvalue weighted by Gasteiger charge is 2.21. The van der Waals surface area contributed by atoms with Gasteiger partial charge in [-0.25, -0.2) is 0 Å². The lowest BCUT2D eigenvalue weighted by Gasteiger charge is -2.28. The summed E-state index contributed by atoms with van der Waals surface area (Å²) in [4.78, 5) is 11.8. The number of esters is 1. The summed E-state index contributed by atoms with van der Waals surface area (Å²) in [5.41, 5.74) is 2.52. The topological polar surface area (TPSA) is 26.3 Å². The molecule has 134 valence electrons. The van der Waals surface area contributed by atoms with Crippen LogP contribution < -0.4 is 0 Å². The fourth-order valence-electron chi connectivity index (χ4n) is 3.86. The maximum absolute atomic E-state index is 11.8. The van der Waals surface area contributed by atoms with Crippen molar-refractivity contribution in [2.24, 2.45) is 5.92 Å². The summed E-state index contributed by atoms with van der Waals surface area (Å²) in [6, 6.07) is 8.68. The van der Waals surface area contributed by atoms with Crippen LogP contribution >= 0.6 is 0 Å². The van der Waals surface area contributed by atoms with Crippen LogP contribution in [0.3, 0.4) is 0 Å². The monoisotopic (exact) mass is 330 g/mol. The fraction of sp³-hybridized carbons (Fsp3) is 0.682. The molecule has 1 saturated carbocycles. The van der Waals surface area contributed by atoms with Crippen LogP contribution in [-0.2, 0) is 16.0 Å². The molecular weight excluding hydrogens is 296 g/mol. The van der Waals surface area contributed by atoms with E-state index < -0.39 is 0 Å². The van der Waals surface area contributed by atoms with Gasteiger partial charge in [-0.15, -0.1) is 0 Å². The summed E-state index contributed by atoms with van der Waals surface area (Å²) >= 11 is 0. The summed E-state index contributed by atoms with van der Waals surface area (Å²) in [6.07, 6.45) is 11.8. The van der Waals surface area contributed by atoms with Crippen molar-refractivity contribution in [3.63, 3.8) is 0 Å². The second-order valence-electron chi connectivity index (χ2n) is 7.35. The van der Waals surface area contributed by atoms with Gasteiger partial charge in [-0.3, -0.25) is 4.79 Å². The normalized spacial score (nSPS) is 20.8. The number of carbonyl (C=O) groups excluding carboxylic acids is 1. The van der Waals surface area contributed by atoms with Crippen molar-refractivity contribution in [3.8, 4) is 0 Å². The molecule has 0 amide bonds. The van der Waals surface area contributed by atoms with Gasteiger partial charge in [-0.2, -0.15) is 0 Å². The Bertz CT molecular complexity index is 469. The SMILES string of the molecule is CCCCCOC(=O)Cc1ccc(C2CCC(CCC)CC2)cc1. The van der Waals surface area contributed by atoms with Gasteiger partial charge in [-0.05, 0) is 55.1 Å². The van der Waals surface area contributed by atoms with Crippen molar-refractivity contribution in [2.75, 3.05) is 6.61 Å². The van der Waals surface area contributed by atoms with Gasteiger partial charge < -0.3 is 4.74 Å². The standard InChI is InChI=1S/C22H34O2/c1-3-5-6-16-24-22(23)17-19-10-14-21(15-11-19)20-12-8-18(7-4-2)9-13-20/h10-11,14-15,18,20H,3-9,12-13,16-17H2,1-2H3. The maximum atomic E-state index is 11.8. The summed E-state index contributed by atoms with van der Waals surface area (Å²) in [5.74, 6) is 1.57. The summed E-state index contributed by atoms with van der Waals surface area (Å²) in [6.45, 7) is 5.00. The van der Waals surface area contributed by atoms with Gasteiger partial charge in [0.15, 0.2) is 0 Å². The van der Waals surface area contributed by atoms with Crippen molar-refractivity contribution in [1.29, 1.82) is 0 Å². The van der Waals surface area contributed by atoms with Crippen LogP contribution in [-0.4, -0.2) is 12.6 Å². The molecule has 2 nitrogen and oxygen atoms in total. The third-order valence-electron chi connectivity index (χ3n) is 5.35. The van der Waals surface area contributed by atoms with E-state index in [1.165, 1.54) is 44.1 Å². The first-order valence-corrected chi connectivity index (χ1v) is 9.97. The van der Waals surface area contributed by atoms with E-state index in [1.54, 1.807) is 0 Å². The molecule has 0 atom stereocenters. The van der Waals surface area contributed by atoms with Crippen LogP contribution in [0.15, 0.2) is 24.3 Å². The van der Waals surface area contributed by atoms with Crippen molar-refractivity contribution in [3.05, 3.63) is 35.4 Å². The smallest absolute Gasteiger partial charge is 0.310 e. The van der Waals surface area contributed by atoms with Crippen LogP contribution in [0.25, 0.3) is 0 Å². The Morgan fingerprint density at radius 1 is 1.00 bits per heavy atom. The zero-order valence-corrected chi connectivity index (χ0v) is 15.6. The Kier molecular flexibility index (Phi) is 8.35. The van der Waals surface area contributed by atoms with E-state index in [9.17, 15) is 4.79 Å². The van der Waals surface area contributed by atoms with E-state index in [1.807, 2.05) is 0 Å². The Balaban J connectivity index is 1.75. The van der Waals surface area contributed by atoms with E-state index in [0.717, 1.165) is 30.7 Å². The molecule has 1 fully saturated rings. The van der Waals surface area contributed by atoms with E-state index in [4.69, 9.17) is 4.74 Å². The Morgan fingerprint density at radius 3 is 2.33 bits per heavy atom. The van der Waals surface area contributed by atoms with Gasteiger partial charge in [-0.1, -0.05) is 63.8 Å². The third kappa shape index (κ3) is 6.30. The summed E-state index contributed by atoms with van der Waals surface area (Å²) in [5, 5.41) is 0. The highest BCUT2D eigenvalue weighted by atomic mass is 16.5. The van der Waals surface area contributed by atoms with Gasteiger partial charge in [0.25, 0.3) is 0 Å². The Morgan fingerprint density at radius 2 is 1.71 bits per heavy atom. The molecule has 1 aromatic rings. The molecule has 1 aliphatic carbocycles. The number of ether oxygens (including phenoxy) is 1. The minimum absolute atomic E-state index is 0.0982. The van der Waals surface area contributed by atoms with Crippen LogP contribution in [0.4, 0.5) is 0 Å². The number of carbonyl (C=O) groups is 1. The molecule has 0 aromatic heterocycles. The van der Waals surface area contributed by atoms with Gasteiger partial charge in [0.2, 0.25) is 0 Å². The highest BCUT2D eigenvalue weighted by molar-refractivity contribution is 5.72. The minimum atomic E-state index is -0.0982. The molecule has 24 heavy (non-hydrogen) atoms. The van der Waals surface area contributed by atoms with Crippen molar-refractivity contribution >= 4 is 5.97 Å². The maximum Gasteiger partial charge on any atom is 0.310 e. The predicted octanol–water partition coefficient (Wildman–Crippen LogP) is 6.04. The molecular formula is C22H34O2. The van der Waals surface area contributed by atoms with Gasteiger partial charge in [0.1, 0.15) is 0 Å². The second kappa shape index (κ2) is 10.5. The molecule has 0 aliphatic heterocycles. The minimum Gasteiger partial charge on any atom is -0.465 e. The molecule has 0 saturated heterocycles. The molecule has 0 bridgehead atoms. The summed E-state index contributed by atoms with van der Waals surface area (Å²) in [7, 11) is 0. The van der Waals surface area contributed by atoms with Crippen LogP contribution in [0.5, 0.6) is 0 Å². The Labute approximate surface area is 148 Å². The largest absolute Gasteiger partial charge is 0.465 e. The third-order valence-corrected chi connectivity index (χ3v) is 5.35. The van der Waals surface area contributed by atoms with E-state index in [-0.39, 0.29) is 5.97 Å². The molecule has 0 N–H and O–H groups in total. The lowest BCUT2D eigenvalue weighted by atomic mass is 9.77. The van der Waals surface area contributed by atoms with Gasteiger partial charge in [0.05, 0.1) is 13.0 Å². The predicted molar refractivity (Wildman–Crippen MR) is 100 cm³/mol. The molecule has 1 aromatic carbocycles. The first-order valence-electron chi connectivity index (χ1n) is 9.97. The number of benzene rings is 1. The Hall–Kier alpha value is -1.31. The average Bonchev–Trinajstić information content (AvgIpc) is 2.60. The van der Waals surface area contributed by atoms with E-state index in [0.29, 0.717) is 18.9 Å². The molecule has 0 unspecified atom stereocenters. The fourth-order valence-corrected chi connectivity index (χ4v) is 3.86. The second-order valence-corrected chi connectivity index (χ2v) is 7.35. The molecule has 2 rings (SSSR count).